The average Bonchev–Trinajstić information content (AvgIpc) is 3.67. The maximum absolute atomic E-state index is 13.6. The highest BCUT2D eigenvalue weighted by Gasteiger charge is 2.40. The number of nitrogens with one attached hydrogen (secondary N) is 3. The summed E-state index contributed by atoms with van der Waals surface area (Å²) in [6, 6.07) is 11.8. The number of anilines is 1. The summed E-state index contributed by atoms with van der Waals surface area (Å²) >= 11 is 1.42. The molecular weight excluding hydrogens is 514 g/mol. The van der Waals surface area contributed by atoms with Gasteiger partial charge in [-0.15, -0.1) is 0 Å². The van der Waals surface area contributed by atoms with Gasteiger partial charge in [0, 0.05) is 42.7 Å². The number of aliphatic hydroxyl groups excluding tert-OH is 1. The molecule has 39 heavy (non-hydrogen) atoms. The van der Waals surface area contributed by atoms with E-state index in [1.807, 2.05) is 47.5 Å². The number of furan rings is 1. The van der Waals surface area contributed by atoms with Crippen LogP contribution in [0.4, 0.5) is 5.82 Å². The van der Waals surface area contributed by atoms with Crippen LogP contribution in [0.2, 0.25) is 0 Å². The lowest BCUT2D eigenvalue weighted by atomic mass is 9.82. The maximum Gasteiger partial charge on any atom is 0.175 e. The third-order valence-corrected chi connectivity index (χ3v) is 8.56. The van der Waals surface area contributed by atoms with Crippen molar-refractivity contribution in [3.8, 4) is 0 Å². The summed E-state index contributed by atoms with van der Waals surface area (Å²) in [7, 11) is 0. The lowest BCUT2D eigenvalue weighted by Crippen LogP contribution is -2.48. The predicted molar refractivity (Wildman–Crippen MR) is 148 cm³/mol. The second-order valence-corrected chi connectivity index (χ2v) is 11.6. The molecule has 7 rings (SSSR count). The van der Waals surface area contributed by atoms with E-state index in [4.69, 9.17) is 4.42 Å². The summed E-state index contributed by atoms with van der Waals surface area (Å²) in [5.74, 6) is 1.07. The Labute approximate surface area is 229 Å². The minimum Gasteiger partial charge on any atom is -0.453 e. The number of H-pyrrole nitrogens is 2. The molecule has 0 spiro atoms. The second-order valence-electron chi connectivity index (χ2n) is 10.6. The van der Waals surface area contributed by atoms with E-state index in [1.54, 1.807) is 0 Å². The van der Waals surface area contributed by atoms with Gasteiger partial charge in [-0.25, -0.2) is 4.98 Å². The number of fused-ring (bicyclic) bond motifs is 2. The van der Waals surface area contributed by atoms with E-state index in [2.05, 4.69) is 30.4 Å². The van der Waals surface area contributed by atoms with Crippen molar-refractivity contribution in [2.75, 3.05) is 44.6 Å². The number of likely N-dealkylation sites (tertiary alicyclic amines) is 1. The number of Topliss-reactive ketones (excluding diaryl/α,β-unsaturated/α-hetero) is 1. The van der Waals surface area contributed by atoms with E-state index in [0.717, 1.165) is 40.5 Å². The number of carbonyl (C=O) groups excluding carboxylic acids is 1. The zero-order chi connectivity index (χ0) is 26.3. The van der Waals surface area contributed by atoms with Crippen LogP contribution in [0.25, 0.3) is 11.0 Å². The number of hydrogen-bond donors (Lipinski definition) is 4. The van der Waals surface area contributed by atoms with Crippen LogP contribution in [0.3, 0.4) is 0 Å². The summed E-state index contributed by atoms with van der Waals surface area (Å²) in [6.07, 6.45) is 4.97. The molecule has 0 aliphatic carbocycles. The van der Waals surface area contributed by atoms with Crippen molar-refractivity contribution in [3.05, 3.63) is 65.2 Å². The Kier molecular flexibility index (Phi) is 6.51. The predicted octanol–water partition coefficient (Wildman–Crippen LogP) is 3.57. The Hall–Kier alpha value is -3.38. The van der Waals surface area contributed by atoms with Crippen molar-refractivity contribution < 1.29 is 14.3 Å². The van der Waals surface area contributed by atoms with Crippen molar-refractivity contribution in [1.82, 2.24) is 30.0 Å². The first-order chi connectivity index (χ1) is 19.1. The van der Waals surface area contributed by atoms with Gasteiger partial charge in [0.2, 0.25) is 0 Å². The molecule has 3 aliphatic heterocycles. The molecule has 10 nitrogen and oxygen atoms in total. The topological polar surface area (TPSA) is 126 Å². The standard InChI is InChI=1S/C28H31N7O3S/c36-17(13-34-10-4-1-5-11-34)14-35-15-21-26(22(37)16-35)25(18-12-29-33-27(18)30-21)23-8-9-24(38-23)39-28-31-19-6-2-3-7-20(19)32-28/h2-3,6-9,12,17,25,36H,1,4-5,10-11,13-16H2,(H,31,32)(H2,29,30,33). The van der Waals surface area contributed by atoms with Crippen LogP contribution in [0.15, 0.2) is 68.5 Å². The van der Waals surface area contributed by atoms with Gasteiger partial charge in [0.1, 0.15) is 5.76 Å². The molecule has 2 atom stereocenters. The minimum absolute atomic E-state index is 0.0358. The molecule has 202 valence electrons. The van der Waals surface area contributed by atoms with Gasteiger partial charge < -0.3 is 24.7 Å². The van der Waals surface area contributed by atoms with Crippen molar-refractivity contribution in [2.45, 2.75) is 41.5 Å². The second kappa shape index (κ2) is 10.3. The number of nitrogens with zero attached hydrogens (tertiary/aromatic N) is 4. The van der Waals surface area contributed by atoms with Gasteiger partial charge >= 0.3 is 0 Å². The highest BCUT2D eigenvalue weighted by atomic mass is 32.2. The summed E-state index contributed by atoms with van der Waals surface area (Å²) in [5, 5.41) is 22.9. The van der Waals surface area contributed by atoms with Gasteiger partial charge in [-0.05, 0) is 62.0 Å². The van der Waals surface area contributed by atoms with Gasteiger partial charge in [0.25, 0.3) is 0 Å². The third kappa shape index (κ3) is 4.91. The first kappa shape index (κ1) is 24.6. The Morgan fingerprint density at radius 2 is 1.92 bits per heavy atom. The van der Waals surface area contributed by atoms with Gasteiger partial charge in [0.05, 0.1) is 29.6 Å². The number of hydrogen-bond acceptors (Lipinski definition) is 9. The lowest BCUT2D eigenvalue weighted by Gasteiger charge is -2.37. The van der Waals surface area contributed by atoms with E-state index >= 15 is 0 Å². The van der Waals surface area contributed by atoms with Crippen molar-refractivity contribution in [1.29, 1.82) is 0 Å². The Morgan fingerprint density at radius 1 is 1.08 bits per heavy atom. The number of benzene rings is 1. The molecule has 11 heteroatoms. The molecular formula is C28H31N7O3S. The molecule has 1 fully saturated rings. The fraction of sp³-hybridized carbons (Fsp3) is 0.393. The zero-order valence-electron chi connectivity index (χ0n) is 21.5. The number of piperidine rings is 1. The highest BCUT2D eigenvalue weighted by molar-refractivity contribution is 7.99. The summed E-state index contributed by atoms with van der Waals surface area (Å²) in [6.45, 7) is 3.99. The summed E-state index contributed by atoms with van der Waals surface area (Å²) in [5.41, 5.74) is 4.29. The van der Waals surface area contributed by atoms with Crippen LogP contribution in [0.5, 0.6) is 0 Å². The molecule has 2 unspecified atom stereocenters. The number of aromatic nitrogens is 4. The van der Waals surface area contributed by atoms with Crippen molar-refractivity contribution in [2.24, 2.45) is 0 Å². The summed E-state index contributed by atoms with van der Waals surface area (Å²) in [4.78, 5) is 25.9. The van der Waals surface area contributed by atoms with Gasteiger partial charge in [-0.2, -0.15) is 5.10 Å². The molecule has 0 bridgehead atoms. The monoisotopic (exact) mass is 545 g/mol. The summed E-state index contributed by atoms with van der Waals surface area (Å²) < 4.78 is 6.31. The minimum atomic E-state index is -0.499. The van der Waals surface area contributed by atoms with E-state index in [-0.39, 0.29) is 18.2 Å². The Balaban J connectivity index is 1.11. The zero-order valence-corrected chi connectivity index (χ0v) is 22.3. The molecule has 6 heterocycles. The molecule has 4 N–H and O–H groups in total. The first-order valence-corrected chi connectivity index (χ1v) is 14.3. The normalized spacial score (nSPS) is 21.2. The van der Waals surface area contributed by atoms with Crippen molar-refractivity contribution >= 4 is 34.4 Å². The Bertz CT molecular complexity index is 1500. The van der Waals surface area contributed by atoms with E-state index in [1.165, 1.54) is 31.0 Å². The smallest absolute Gasteiger partial charge is 0.175 e. The molecule has 1 aromatic carbocycles. The fourth-order valence-corrected chi connectivity index (χ4v) is 6.79. The van der Waals surface area contributed by atoms with E-state index in [9.17, 15) is 9.90 Å². The SMILES string of the molecule is O=C1CN(CC(O)CN2CCCCC2)CC2=C1C(c1ccc(Sc3nc4ccccc4[nH]3)o1)c1c[nH]nc1N2. The molecule has 0 saturated carbocycles. The van der Waals surface area contributed by atoms with E-state index in [0.29, 0.717) is 41.9 Å². The number of aliphatic hydroxyl groups is 1. The number of aromatic amines is 2. The number of β-amino-alcohol motifs (C(OH)–C–C–N with tert-alkyl or cyclic N) is 1. The largest absolute Gasteiger partial charge is 0.453 e. The third-order valence-electron chi connectivity index (χ3n) is 7.75. The fourth-order valence-electron chi connectivity index (χ4n) is 6.02. The van der Waals surface area contributed by atoms with E-state index < -0.39 is 6.10 Å². The van der Waals surface area contributed by atoms with Crippen LogP contribution in [-0.2, 0) is 4.79 Å². The van der Waals surface area contributed by atoms with Crippen LogP contribution in [0.1, 0.15) is 36.5 Å². The average molecular weight is 546 g/mol. The van der Waals surface area contributed by atoms with Crippen LogP contribution in [-0.4, -0.2) is 86.2 Å². The molecule has 4 aromatic rings. The van der Waals surface area contributed by atoms with Crippen LogP contribution in [0, 0.1) is 0 Å². The number of ketones is 1. The molecule has 3 aliphatic rings. The van der Waals surface area contributed by atoms with Gasteiger partial charge in [0.15, 0.2) is 21.8 Å². The molecule has 0 radical (unpaired) electrons. The van der Waals surface area contributed by atoms with Crippen LogP contribution >= 0.6 is 11.8 Å². The quantitative estimate of drug-likeness (QED) is 0.276. The lowest BCUT2D eigenvalue weighted by molar-refractivity contribution is -0.118. The molecule has 1 saturated heterocycles. The Morgan fingerprint density at radius 3 is 2.79 bits per heavy atom. The van der Waals surface area contributed by atoms with Gasteiger partial charge in [-0.1, -0.05) is 18.6 Å². The highest BCUT2D eigenvalue weighted by Crippen LogP contribution is 2.44. The van der Waals surface area contributed by atoms with Gasteiger partial charge in [-0.3, -0.25) is 14.8 Å². The molecule has 0 amide bonds. The number of rotatable bonds is 7. The number of carbonyl (C=O) groups is 1. The van der Waals surface area contributed by atoms with Crippen molar-refractivity contribution in [3.63, 3.8) is 0 Å². The maximum atomic E-state index is 13.6. The number of imidazole rings is 1. The van der Waals surface area contributed by atoms with Crippen LogP contribution < -0.4 is 5.32 Å². The first-order valence-electron chi connectivity index (χ1n) is 13.5. The molecule has 3 aromatic heterocycles. The number of para-hydroxylation sites is 2.